The Labute approximate surface area is 73.1 Å². The molecule has 0 aromatic carbocycles. The van der Waals surface area contributed by atoms with E-state index in [-0.39, 0.29) is 12.4 Å². The van der Waals surface area contributed by atoms with Gasteiger partial charge in [0.2, 0.25) is 0 Å². The Morgan fingerprint density at radius 1 is 1.50 bits per heavy atom. The van der Waals surface area contributed by atoms with Gasteiger partial charge in [-0.15, -0.1) is 0 Å². The fourth-order valence-electron chi connectivity index (χ4n) is 0.806. The van der Waals surface area contributed by atoms with Crippen molar-refractivity contribution in [1.29, 1.82) is 0 Å². The Kier molecular flexibility index (Phi) is 7.91. The second-order valence-corrected chi connectivity index (χ2v) is 2.65. The standard InChI is InChI=1S/C9H16O3/c1-2-5-9(11)8-12-7-4-3-6-10/h6H,2-5,7-8H2,1H3. The van der Waals surface area contributed by atoms with Crippen LogP contribution in [0.5, 0.6) is 0 Å². The van der Waals surface area contributed by atoms with Gasteiger partial charge in [-0.05, 0) is 12.8 Å². The van der Waals surface area contributed by atoms with Gasteiger partial charge >= 0.3 is 0 Å². The molecule has 0 radical (unpaired) electrons. The molecule has 0 aromatic rings. The summed E-state index contributed by atoms with van der Waals surface area (Å²) in [4.78, 5) is 20.8. The highest BCUT2D eigenvalue weighted by atomic mass is 16.5. The number of ether oxygens (including phenoxy) is 1. The molecule has 0 spiro atoms. The van der Waals surface area contributed by atoms with Gasteiger partial charge in [-0.1, -0.05) is 6.92 Å². The minimum atomic E-state index is 0.142. The fraction of sp³-hybridized carbons (Fsp3) is 0.778. The van der Waals surface area contributed by atoms with Crippen molar-refractivity contribution in [3.63, 3.8) is 0 Å². The Bertz CT molecular complexity index is 132. The number of rotatable bonds is 8. The summed E-state index contributed by atoms with van der Waals surface area (Å²) in [7, 11) is 0. The molecule has 70 valence electrons. The number of Topliss-reactive ketones (excluding diaryl/α,β-unsaturated/α-hetero) is 1. The average Bonchev–Trinajstić information content (AvgIpc) is 2.05. The zero-order valence-electron chi connectivity index (χ0n) is 7.54. The maximum Gasteiger partial charge on any atom is 0.158 e. The van der Waals surface area contributed by atoms with E-state index < -0.39 is 0 Å². The molecule has 0 fully saturated rings. The molecule has 0 saturated heterocycles. The van der Waals surface area contributed by atoms with Gasteiger partial charge in [0.15, 0.2) is 5.78 Å². The van der Waals surface area contributed by atoms with Crippen molar-refractivity contribution in [2.45, 2.75) is 32.6 Å². The Hall–Kier alpha value is -0.700. The molecule has 3 nitrogen and oxygen atoms in total. The first kappa shape index (κ1) is 11.3. The number of hydrogen-bond acceptors (Lipinski definition) is 3. The number of carbonyl (C=O) groups excluding carboxylic acids is 2. The van der Waals surface area contributed by atoms with Crippen molar-refractivity contribution in [1.82, 2.24) is 0 Å². The van der Waals surface area contributed by atoms with Crippen molar-refractivity contribution in [2.24, 2.45) is 0 Å². The summed E-state index contributed by atoms with van der Waals surface area (Å²) in [5.41, 5.74) is 0. The van der Waals surface area contributed by atoms with Gasteiger partial charge in [0, 0.05) is 19.4 Å². The minimum absolute atomic E-state index is 0.142. The highest BCUT2D eigenvalue weighted by Gasteiger charge is 1.98. The van der Waals surface area contributed by atoms with Crippen LogP contribution in [0.4, 0.5) is 0 Å². The maximum absolute atomic E-state index is 10.9. The molecular weight excluding hydrogens is 156 g/mol. The van der Waals surface area contributed by atoms with Crippen LogP contribution < -0.4 is 0 Å². The lowest BCUT2D eigenvalue weighted by molar-refractivity contribution is -0.123. The summed E-state index contributed by atoms with van der Waals surface area (Å²) >= 11 is 0. The largest absolute Gasteiger partial charge is 0.374 e. The van der Waals surface area contributed by atoms with E-state index in [1.807, 2.05) is 6.92 Å². The van der Waals surface area contributed by atoms with Crippen LogP contribution in [0.1, 0.15) is 32.6 Å². The van der Waals surface area contributed by atoms with Crippen LogP contribution in [0.2, 0.25) is 0 Å². The second kappa shape index (κ2) is 8.40. The van der Waals surface area contributed by atoms with Crippen LogP contribution in [-0.4, -0.2) is 25.3 Å². The molecule has 12 heavy (non-hydrogen) atoms. The quantitative estimate of drug-likeness (QED) is 0.410. The first-order valence-electron chi connectivity index (χ1n) is 4.34. The van der Waals surface area contributed by atoms with E-state index in [9.17, 15) is 9.59 Å². The molecule has 0 aromatic heterocycles. The molecular formula is C9H16O3. The highest BCUT2D eigenvalue weighted by Crippen LogP contribution is 1.92. The molecule has 0 amide bonds. The third-order valence-corrected chi connectivity index (χ3v) is 1.40. The van der Waals surface area contributed by atoms with Gasteiger partial charge in [-0.2, -0.15) is 0 Å². The fourth-order valence-corrected chi connectivity index (χ4v) is 0.806. The summed E-state index contributed by atoms with van der Waals surface area (Å²) in [6, 6.07) is 0. The molecule has 0 rings (SSSR count). The Morgan fingerprint density at radius 3 is 2.83 bits per heavy atom. The summed E-state index contributed by atoms with van der Waals surface area (Å²) < 4.78 is 5.04. The lowest BCUT2D eigenvalue weighted by Crippen LogP contribution is -2.08. The van der Waals surface area contributed by atoms with Gasteiger partial charge in [-0.3, -0.25) is 4.79 Å². The summed E-state index contributed by atoms with van der Waals surface area (Å²) in [6.07, 6.45) is 3.55. The van der Waals surface area contributed by atoms with Crippen molar-refractivity contribution < 1.29 is 14.3 Å². The number of carbonyl (C=O) groups is 2. The van der Waals surface area contributed by atoms with Crippen LogP contribution >= 0.6 is 0 Å². The van der Waals surface area contributed by atoms with Crippen molar-refractivity contribution >= 4 is 12.1 Å². The Balaban J connectivity index is 3.08. The van der Waals surface area contributed by atoms with E-state index in [0.717, 1.165) is 12.7 Å². The SMILES string of the molecule is CCCC(=O)COCCCC=O. The number of ketones is 1. The average molecular weight is 172 g/mol. The van der Waals surface area contributed by atoms with Crippen LogP contribution in [-0.2, 0) is 14.3 Å². The Morgan fingerprint density at radius 2 is 2.25 bits per heavy atom. The zero-order valence-corrected chi connectivity index (χ0v) is 7.54. The topological polar surface area (TPSA) is 43.4 Å². The first-order chi connectivity index (χ1) is 5.81. The molecule has 0 bridgehead atoms. The minimum Gasteiger partial charge on any atom is -0.374 e. The number of hydrogen-bond donors (Lipinski definition) is 0. The second-order valence-electron chi connectivity index (χ2n) is 2.65. The molecule has 0 aliphatic heterocycles. The zero-order chi connectivity index (χ0) is 9.23. The van der Waals surface area contributed by atoms with Crippen molar-refractivity contribution in [2.75, 3.05) is 13.2 Å². The van der Waals surface area contributed by atoms with E-state index in [0.29, 0.717) is 25.9 Å². The molecule has 0 N–H and O–H groups in total. The monoisotopic (exact) mass is 172 g/mol. The van der Waals surface area contributed by atoms with Gasteiger partial charge in [-0.25, -0.2) is 0 Å². The number of unbranched alkanes of at least 4 members (excludes halogenated alkanes) is 1. The van der Waals surface area contributed by atoms with Crippen LogP contribution in [0, 0.1) is 0 Å². The van der Waals surface area contributed by atoms with Crippen molar-refractivity contribution in [3.8, 4) is 0 Å². The molecule has 0 aliphatic carbocycles. The van der Waals surface area contributed by atoms with E-state index >= 15 is 0 Å². The molecule has 0 atom stereocenters. The lowest BCUT2D eigenvalue weighted by Gasteiger charge is -2.00. The van der Waals surface area contributed by atoms with Crippen LogP contribution in [0.3, 0.4) is 0 Å². The van der Waals surface area contributed by atoms with Gasteiger partial charge in [0.1, 0.15) is 12.9 Å². The summed E-state index contributed by atoms with van der Waals surface area (Å²) in [5, 5.41) is 0. The van der Waals surface area contributed by atoms with Gasteiger partial charge < -0.3 is 9.53 Å². The third-order valence-electron chi connectivity index (χ3n) is 1.40. The van der Waals surface area contributed by atoms with Crippen molar-refractivity contribution in [3.05, 3.63) is 0 Å². The maximum atomic E-state index is 10.9. The first-order valence-corrected chi connectivity index (χ1v) is 4.34. The molecule has 0 unspecified atom stereocenters. The van der Waals surface area contributed by atoms with E-state index in [2.05, 4.69) is 0 Å². The van der Waals surface area contributed by atoms with E-state index in [4.69, 9.17) is 4.74 Å². The lowest BCUT2D eigenvalue weighted by atomic mass is 10.2. The third kappa shape index (κ3) is 7.41. The molecule has 0 heterocycles. The van der Waals surface area contributed by atoms with Gasteiger partial charge in [0.05, 0.1) is 0 Å². The number of aldehydes is 1. The predicted octanol–water partition coefficient (Wildman–Crippen LogP) is 1.35. The summed E-state index contributed by atoms with van der Waals surface area (Å²) in [6.45, 7) is 2.67. The smallest absolute Gasteiger partial charge is 0.158 e. The summed E-state index contributed by atoms with van der Waals surface area (Å²) in [5.74, 6) is 0.142. The van der Waals surface area contributed by atoms with E-state index in [1.54, 1.807) is 0 Å². The molecule has 0 saturated carbocycles. The van der Waals surface area contributed by atoms with Crippen LogP contribution in [0.25, 0.3) is 0 Å². The van der Waals surface area contributed by atoms with E-state index in [1.165, 1.54) is 0 Å². The predicted molar refractivity (Wildman–Crippen MR) is 46.0 cm³/mol. The molecule has 0 aliphatic rings. The highest BCUT2D eigenvalue weighted by molar-refractivity contribution is 5.79. The van der Waals surface area contributed by atoms with Crippen LogP contribution in [0.15, 0.2) is 0 Å². The van der Waals surface area contributed by atoms with Gasteiger partial charge in [0.25, 0.3) is 0 Å². The normalized spacial score (nSPS) is 9.75. The molecule has 3 heteroatoms.